The van der Waals surface area contributed by atoms with Crippen LogP contribution >= 0.6 is 11.8 Å². The van der Waals surface area contributed by atoms with Gasteiger partial charge in [0.1, 0.15) is 0 Å². The zero-order valence-electron chi connectivity index (χ0n) is 11.9. The van der Waals surface area contributed by atoms with Gasteiger partial charge in [-0.15, -0.1) is 11.8 Å². The number of anilines is 1. The van der Waals surface area contributed by atoms with E-state index in [1.807, 2.05) is 24.5 Å². The van der Waals surface area contributed by atoms with Crippen LogP contribution in [0.2, 0.25) is 0 Å². The van der Waals surface area contributed by atoms with Gasteiger partial charge in [-0.05, 0) is 24.8 Å². The maximum absolute atomic E-state index is 9.06. The van der Waals surface area contributed by atoms with Crippen molar-refractivity contribution in [2.75, 3.05) is 30.9 Å². The van der Waals surface area contributed by atoms with Crippen LogP contribution in [0, 0.1) is 0 Å². The molecule has 0 aliphatic carbocycles. The maximum atomic E-state index is 9.06. The second-order valence-electron chi connectivity index (χ2n) is 4.67. The fourth-order valence-corrected chi connectivity index (χ4v) is 3.17. The van der Waals surface area contributed by atoms with Crippen LogP contribution < -0.4 is 10.6 Å². The molecule has 0 aromatic heterocycles. The predicted molar refractivity (Wildman–Crippen MR) is 83.0 cm³/mol. The van der Waals surface area contributed by atoms with Gasteiger partial charge in [0.15, 0.2) is 5.84 Å². The summed E-state index contributed by atoms with van der Waals surface area (Å²) >= 11 is 1.60. The van der Waals surface area contributed by atoms with E-state index in [1.165, 1.54) is 0 Å². The first kappa shape index (κ1) is 15.0. The Kier molecular flexibility index (Phi) is 5.14. The van der Waals surface area contributed by atoms with Crippen LogP contribution in [0.4, 0.5) is 5.69 Å². The van der Waals surface area contributed by atoms with Crippen molar-refractivity contribution in [2.45, 2.75) is 24.3 Å². The number of thioether (sulfide) groups is 1. The molecule has 1 saturated heterocycles. The van der Waals surface area contributed by atoms with Crippen LogP contribution in [0.5, 0.6) is 0 Å². The zero-order chi connectivity index (χ0) is 14.5. The Morgan fingerprint density at radius 1 is 1.60 bits per heavy atom. The van der Waals surface area contributed by atoms with Crippen molar-refractivity contribution in [3.63, 3.8) is 0 Å². The summed E-state index contributed by atoms with van der Waals surface area (Å²) in [5.41, 5.74) is 7.72. The molecule has 3 N–H and O–H groups in total. The maximum Gasteiger partial charge on any atom is 0.173 e. The van der Waals surface area contributed by atoms with E-state index in [4.69, 9.17) is 15.7 Å². The quantitative estimate of drug-likeness (QED) is 0.293. The minimum atomic E-state index is 0.159. The van der Waals surface area contributed by atoms with Crippen LogP contribution in [0.3, 0.4) is 0 Å². The molecule has 0 radical (unpaired) electrons. The average Bonchev–Trinajstić information content (AvgIpc) is 2.53. The molecule has 0 amide bonds. The number of nitrogens with zero attached hydrogens (tertiary/aromatic N) is 2. The first-order chi connectivity index (χ1) is 9.72. The van der Waals surface area contributed by atoms with Gasteiger partial charge in [0.2, 0.25) is 0 Å². The Bertz CT molecular complexity index is 493. The predicted octanol–water partition coefficient (Wildman–Crippen LogP) is 2.12. The van der Waals surface area contributed by atoms with Crippen LogP contribution in [0.1, 0.15) is 18.9 Å². The third-order valence-electron chi connectivity index (χ3n) is 3.60. The van der Waals surface area contributed by atoms with E-state index in [2.05, 4.69) is 17.0 Å². The molecule has 1 fully saturated rings. The number of hydrogen-bond donors (Lipinski definition) is 2. The number of benzene rings is 1. The minimum absolute atomic E-state index is 0.159. The van der Waals surface area contributed by atoms with E-state index in [9.17, 15) is 0 Å². The number of rotatable bonds is 4. The second-order valence-corrected chi connectivity index (χ2v) is 5.52. The lowest BCUT2D eigenvalue weighted by atomic mass is 10.1. The van der Waals surface area contributed by atoms with E-state index < -0.39 is 0 Å². The molecule has 1 heterocycles. The smallest absolute Gasteiger partial charge is 0.173 e. The van der Waals surface area contributed by atoms with Crippen LogP contribution in [0.15, 0.2) is 28.3 Å². The van der Waals surface area contributed by atoms with E-state index in [-0.39, 0.29) is 5.84 Å². The van der Waals surface area contributed by atoms with E-state index >= 15 is 0 Å². The van der Waals surface area contributed by atoms with Gasteiger partial charge in [0.05, 0.1) is 24.8 Å². The topological polar surface area (TPSA) is 71.1 Å². The van der Waals surface area contributed by atoms with Crippen molar-refractivity contribution in [2.24, 2.45) is 10.9 Å². The monoisotopic (exact) mass is 295 g/mol. The van der Waals surface area contributed by atoms with Crippen molar-refractivity contribution in [1.29, 1.82) is 0 Å². The summed E-state index contributed by atoms with van der Waals surface area (Å²) in [5.74, 6) is 0.159. The summed E-state index contributed by atoms with van der Waals surface area (Å²) in [4.78, 5) is 3.32. The molecule has 0 spiro atoms. The fraction of sp³-hybridized carbons (Fsp3) is 0.500. The minimum Gasteiger partial charge on any atom is -0.409 e. The molecule has 1 unspecified atom stereocenters. The third-order valence-corrected chi connectivity index (χ3v) is 4.38. The van der Waals surface area contributed by atoms with E-state index in [1.54, 1.807) is 11.8 Å². The van der Waals surface area contributed by atoms with Gasteiger partial charge in [0, 0.05) is 17.1 Å². The number of hydrogen-bond acceptors (Lipinski definition) is 5. The number of morpholine rings is 1. The van der Waals surface area contributed by atoms with Gasteiger partial charge in [0.25, 0.3) is 0 Å². The van der Waals surface area contributed by atoms with Gasteiger partial charge >= 0.3 is 0 Å². The third kappa shape index (κ3) is 2.86. The first-order valence-corrected chi connectivity index (χ1v) is 7.94. The summed E-state index contributed by atoms with van der Waals surface area (Å²) in [7, 11) is 0. The van der Waals surface area contributed by atoms with Crippen LogP contribution in [0.25, 0.3) is 0 Å². The summed E-state index contributed by atoms with van der Waals surface area (Å²) < 4.78 is 5.55. The molecule has 1 atom stereocenters. The molecule has 0 bridgehead atoms. The molecule has 1 aliphatic heterocycles. The molecule has 20 heavy (non-hydrogen) atoms. The van der Waals surface area contributed by atoms with E-state index in [0.29, 0.717) is 12.6 Å². The molecule has 5 nitrogen and oxygen atoms in total. The van der Waals surface area contributed by atoms with Crippen molar-refractivity contribution in [3.8, 4) is 0 Å². The molecule has 6 heteroatoms. The highest BCUT2D eigenvalue weighted by atomic mass is 32.2. The van der Waals surface area contributed by atoms with Gasteiger partial charge in [-0.3, -0.25) is 0 Å². The Morgan fingerprint density at radius 2 is 2.40 bits per heavy atom. The van der Waals surface area contributed by atoms with Crippen LogP contribution in [-0.4, -0.2) is 43.1 Å². The Morgan fingerprint density at radius 3 is 3.05 bits per heavy atom. The molecule has 110 valence electrons. The molecule has 2 rings (SSSR count). The normalized spacial score (nSPS) is 20.2. The highest BCUT2D eigenvalue weighted by Gasteiger charge is 2.25. The number of oxime groups is 1. The molecule has 0 saturated carbocycles. The number of ether oxygens (including phenoxy) is 1. The molecule has 1 aliphatic rings. The fourth-order valence-electron chi connectivity index (χ4n) is 2.55. The lowest BCUT2D eigenvalue weighted by Gasteiger charge is -2.38. The van der Waals surface area contributed by atoms with Gasteiger partial charge in [-0.25, -0.2) is 0 Å². The van der Waals surface area contributed by atoms with Crippen LogP contribution in [-0.2, 0) is 4.74 Å². The SMILES string of the molecule is CCC1COCCN1c1cccc(SC)c1/C(N)=N/O. The summed E-state index contributed by atoms with van der Waals surface area (Å²) in [6.07, 6.45) is 2.99. The van der Waals surface area contributed by atoms with Gasteiger partial charge in [-0.1, -0.05) is 18.1 Å². The summed E-state index contributed by atoms with van der Waals surface area (Å²) in [5, 5.41) is 12.3. The Balaban J connectivity index is 2.49. The summed E-state index contributed by atoms with van der Waals surface area (Å²) in [6.45, 7) is 4.39. The zero-order valence-corrected chi connectivity index (χ0v) is 12.7. The lowest BCUT2D eigenvalue weighted by Crippen LogP contribution is -2.46. The standard InChI is InChI=1S/C14H21N3O2S/c1-3-10-9-19-8-7-17(10)11-5-4-6-12(20-2)13(11)14(15)16-18/h4-6,10,18H,3,7-9H2,1-2H3,(H2,15,16). The summed E-state index contributed by atoms with van der Waals surface area (Å²) in [6, 6.07) is 6.35. The second kappa shape index (κ2) is 6.85. The molecular formula is C14H21N3O2S. The number of amidine groups is 1. The van der Waals surface area contributed by atoms with Gasteiger partial charge < -0.3 is 20.6 Å². The largest absolute Gasteiger partial charge is 0.409 e. The Hall–Kier alpha value is -1.40. The van der Waals surface area contributed by atoms with Crippen molar-refractivity contribution >= 4 is 23.3 Å². The first-order valence-electron chi connectivity index (χ1n) is 6.72. The molecule has 1 aromatic rings. The highest BCUT2D eigenvalue weighted by molar-refractivity contribution is 7.98. The molecular weight excluding hydrogens is 274 g/mol. The Labute approximate surface area is 123 Å². The van der Waals surface area contributed by atoms with Crippen molar-refractivity contribution < 1.29 is 9.94 Å². The van der Waals surface area contributed by atoms with E-state index in [0.717, 1.165) is 35.7 Å². The van der Waals surface area contributed by atoms with Gasteiger partial charge in [-0.2, -0.15) is 0 Å². The number of nitrogens with two attached hydrogens (primary N) is 1. The van der Waals surface area contributed by atoms with Crippen molar-refractivity contribution in [1.82, 2.24) is 0 Å². The highest BCUT2D eigenvalue weighted by Crippen LogP contribution is 2.32. The molecule has 1 aromatic carbocycles. The lowest BCUT2D eigenvalue weighted by molar-refractivity contribution is 0.0929. The average molecular weight is 295 g/mol. The van der Waals surface area contributed by atoms with Crippen molar-refractivity contribution in [3.05, 3.63) is 23.8 Å².